The Bertz CT molecular complexity index is 375. The van der Waals surface area contributed by atoms with E-state index in [0.29, 0.717) is 29.8 Å². The molecule has 4 nitrogen and oxygen atoms in total. The van der Waals surface area contributed by atoms with Gasteiger partial charge >= 0.3 is 0 Å². The van der Waals surface area contributed by atoms with Gasteiger partial charge in [0.2, 0.25) is 5.91 Å². The summed E-state index contributed by atoms with van der Waals surface area (Å²) >= 11 is 0. The summed E-state index contributed by atoms with van der Waals surface area (Å²) in [6.45, 7) is 5.96. The number of amides is 1. The Morgan fingerprint density at radius 3 is 2.62 bits per heavy atom. The Morgan fingerprint density at radius 1 is 1.29 bits per heavy atom. The number of nitrogens with two attached hydrogens (primary N) is 1. The highest BCUT2D eigenvalue weighted by Crippen LogP contribution is 2.47. The summed E-state index contributed by atoms with van der Waals surface area (Å²) in [5, 5.41) is 3.17. The summed E-state index contributed by atoms with van der Waals surface area (Å²) in [7, 11) is 0. The molecule has 0 aromatic rings. The zero-order valence-corrected chi connectivity index (χ0v) is 13.9. The molecular weight excluding hydrogens is 288 g/mol. The van der Waals surface area contributed by atoms with E-state index in [1.54, 1.807) is 0 Å². The highest BCUT2D eigenvalue weighted by atomic mass is 35.5. The van der Waals surface area contributed by atoms with Gasteiger partial charge in [-0.15, -0.1) is 12.4 Å². The van der Waals surface area contributed by atoms with Crippen LogP contribution in [-0.2, 0) is 9.53 Å². The van der Waals surface area contributed by atoms with Crippen molar-refractivity contribution in [2.75, 3.05) is 13.2 Å². The van der Waals surface area contributed by atoms with Crippen LogP contribution >= 0.6 is 12.4 Å². The van der Waals surface area contributed by atoms with Crippen LogP contribution in [0.4, 0.5) is 0 Å². The van der Waals surface area contributed by atoms with E-state index in [1.165, 1.54) is 19.3 Å². The fourth-order valence-corrected chi connectivity index (χ4v) is 4.69. The van der Waals surface area contributed by atoms with Crippen LogP contribution in [0.1, 0.15) is 39.5 Å². The van der Waals surface area contributed by atoms with E-state index >= 15 is 0 Å². The van der Waals surface area contributed by atoms with Gasteiger partial charge in [0.05, 0.1) is 12.0 Å². The summed E-state index contributed by atoms with van der Waals surface area (Å²) in [4.78, 5) is 12.4. The number of hydrogen-bond donors (Lipinski definition) is 2. The van der Waals surface area contributed by atoms with E-state index in [-0.39, 0.29) is 30.3 Å². The standard InChI is InChI=1S/C16H28N2O2.ClH/c1-9(2)15-12(5-6-20-15)8-18-16(19)13-10-3-4-11(7-10)14(13)17;/h9-15H,3-8,17H2,1-2H3,(H,18,19);1H. The molecule has 3 N–H and O–H groups in total. The van der Waals surface area contributed by atoms with Gasteiger partial charge in [-0.1, -0.05) is 13.8 Å². The molecule has 0 radical (unpaired) electrons. The van der Waals surface area contributed by atoms with E-state index in [9.17, 15) is 4.79 Å². The molecule has 21 heavy (non-hydrogen) atoms. The third-order valence-electron chi connectivity index (χ3n) is 5.74. The monoisotopic (exact) mass is 316 g/mol. The molecule has 3 fully saturated rings. The molecular formula is C16H29ClN2O2. The first-order valence-corrected chi connectivity index (χ1v) is 8.22. The minimum absolute atomic E-state index is 0. The van der Waals surface area contributed by atoms with Crippen molar-refractivity contribution in [2.24, 2.45) is 35.3 Å². The smallest absolute Gasteiger partial charge is 0.224 e. The average molecular weight is 317 g/mol. The number of nitrogens with one attached hydrogen (secondary N) is 1. The maximum atomic E-state index is 12.4. The molecule has 0 spiro atoms. The predicted octanol–water partition coefficient (Wildman–Crippen LogP) is 1.96. The Labute approximate surface area is 134 Å². The van der Waals surface area contributed by atoms with Crippen molar-refractivity contribution in [2.45, 2.75) is 51.7 Å². The van der Waals surface area contributed by atoms with Gasteiger partial charge in [-0.05, 0) is 43.4 Å². The topological polar surface area (TPSA) is 64.3 Å². The lowest BCUT2D eigenvalue weighted by atomic mass is 9.84. The van der Waals surface area contributed by atoms with Gasteiger partial charge in [0.15, 0.2) is 0 Å². The first-order valence-electron chi connectivity index (χ1n) is 8.22. The largest absolute Gasteiger partial charge is 0.378 e. The highest BCUT2D eigenvalue weighted by Gasteiger charge is 2.49. The van der Waals surface area contributed by atoms with Gasteiger partial charge in [-0.3, -0.25) is 4.79 Å². The fourth-order valence-electron chi connectivity index (χ4n) is 4.69. The third-order valence-corrected chi connectivity index (χ3v) is 5.74. The minimum Gasteiger partial charge on any atom is -0.378 e. The normalized spacial score (nSPS) is 41.3. The Kier molecular flexibility index (Phi) is 5.55. The second kappa shape index (κ2) is 6.84. The third kappa shape index (κ3) is 3.22. The van der Waals surface area contributed by atoms with E-state index in [4.69, 9.17) is 10.5 Å². The minimum atomic E-state index is 0. The number of hydrogen-bond acceptors (Lipinski definition) is 3. The predicted molar refractivity (Wildman–Crippen MR) is 85.2 cm³/mol. The van der Waals surface area contributed by atoms with Gasteiger partial charge in [0.25, 0.3) is 0 Å². The van der Waals surface area contributed by atoms with E-state index < -0.39 is 0 Å². The van der Waals surface area contributed by atoms with Crippen LogP contribution < -0.4 is 11.1 Å². The van der Waals surface area contributed by atoms with Crippen LogP contribution in [0.15, 0.2) is 0 Å². The molecule has 3 aliphatic rings. The van der Waals surface area contributed by atoms with Crippen molar-refractivity contribution in [1.82, 2.24) is 5.32 Å². The lowest BCUT2D eigenvalue weighted by Crippen LogP contribution is -2.47. The summed E-state index contributed by atoms with van der Waals surface area (Å²) < 4.78 is 5.78. The molecule has 6 atom stereocenters. The summed E-state index contributed by atoms with van der Waals surface area (Å²) in [5.74, 6) is 2.37. The first-order chi connectivity index (χ1) is 9.58. The number of fused-ring (bicyclic) bond motifs is 2. The zero-order chi connectivity index (χ0) is 14.3. The van der Waals surface area contributed by atoms with Crippen molar-refractivity contribution < 1.29 is 9.53 Å². The van der Waals surface area contributed by atoms with Crippen LogP contribution in [0, 0.1) is 29.6 Å². The molecule has 1 saturated heterocycles. The number of halogens is 1. The molecule has 2 bridgehead atoms. The summed E-state index contributed by atoms with van der Waals surface area (Å²) in [6.07, 6.45) is 4.94. The molecule has 1 heterocycles. The molecule has 1 amide bonds. The zero-order valence-electron chi connectivity index (χ0n) is 13.1. The van der Waals surface area contributed by atoms with Crippen molar-refractivity contribution in [3.8, 4) is 0 Å². The molecule has 1 aliphatic heterocycles. The average Bonchev–Trinajstić information content (AvgIpc) is 3.10. The maximum absolute atomic E-state index is 12.4. The van der Waals surface area contributed by atoms with E-state index in [0.717, 1.165) is 19.6 Å². The number of carbonyl (C=O) groups is 1. The van der Waals surface area contributed by atoms with Crippen molar-refractivity contribution in [1.29, 1.82) is 0 Å². The van der Waals surface area contributed by atoms with Crippen molar-refractivity contribution in [3.63, 3.8) is 0 Å². The van der Waals surface area contributed by atoms with Gasteiger partial charge in [0.1, 0.15) is 0 Å². The second-order valence-electron chi connectivity index (χ2n) is 7.31. The fraction of sp³-hybridized carbons (Fsp3) is 0.938. The van der Waals surface area contributed by atoms with E-state index in [2.05, 4.69) is 19.2 Å². The molecule has 122 valence electrons. The quantitative estimate of drug-likeness (QED) is 0.833. The molecule has 3 rings (SSSR count). The van der Waals surface area contributed by atoms with Crippen molar-refractivity contribution in [3.05, 3.63) is 0 Å². The van der Waals surface area contributed by atoms with Gasteiger partial charge in [-0.2, -0.15) is 0 Å². The maximum Gasteiger partial charge on any atom is 0.224 e. The molecule has 5 heteroatoms. The molecule has 2 aliphatic carbocycles. The summed E-state index contributed by atoms with van der Waals surface area (Å²) in [5.41, 5.74) is 6.24. The van der Waals surface area contributed by atoms with Gasteiger partial charge in [0, 0.05) is 25.1 Å². The number of carbonyl (C=O) groups excluding carboxylic acids is 1. The number of rotatable bonds is 4. The Hall–Kier alpha value is -0.320. The highest BCUT2D eigenvalue weighted by molar-refractivity contribution is 5.85. The van der Waals surface area contributed by atoms with E-state index in [1.807, 2.05) is 0 Å². The van der Waals surface area contributed by atoms with Crippen LogP contribution in [0.5, 0.6) is 0 Å². The van der Waals surface area contributed by atoms with Crippen LogP contribution in [0.25, 0.3) is 0 Å². The van der Waals surface area contributed by atoms with Gasteiger partial charge < -0.3 is 15.8 Å². The molecule has 2 saturated carbocycles. The number of ether oxygens (including phenoxy) is 1. The van der Waals surface area contributed by atoms with Crippen LogP contribution in [0.2, 0.25) is 0 Å². The Balaban J connectivity index is 0.00000161. The van der Waals surface area contributed by atoms with Crippen LogP contribution in [-0.4, -0.2) is 31.2 Å². The first kappa shape index (κ1) is 17.0. The Morgan fingerprint density at radius 2 is 2.00 bits per heavy atom. The van der Waals surface area contributed by atoms with Gasteiger partial charge in [-0.25, -0.2) is 0 Å². The lowest BCUT2D eigenvalue weighted by molar-refractivity contribution is -0.127. The molecule has 0 aromatic carbocycles. The SMILES string of the molecule is CC(C)C1OCCC1CNC(=O)C1C2CCC(C2)C1N.Cl. The lowest BCUT2D eigenvalue weighted by Gasteiger charge is -2.28. The molecule has 6 unspecified atom stereocenters. The summed E-state index contributed by atoms with van der Waals surface area (Å²) in [6, 6.07) is 0.0921. The van der Waals surface area contributed by atoms with Crippen LogP contribution in [0.3, 0.4) is 0 Å². The second-order valence-corrected chi connectivity index (χ2v) is 7.31. The molecule has 0 aromatic heterocycles. The van der Waals surface area contributed by atoms with Crippen molar-refractivity contribution >= 4 is 18.3 Å².